The summed E-state index contributed by atoms with van der Waals surface area (Å²) in [5.74, 6) is -0.179. The summed E-state index contributed by atoms with van der Waals surface area (Å²) >= 11 is 6.06. The van der Waals surface area contributed by atoms with Gasteiger partial charge in [0.1, 0.15) is 12.3 Å². The van der Waals surface area contributed by atoms with E-state index in [4.69, 9.17) is 16.3 Å². The molecule has 0 radical (unpaired) electrons. The van der Waals surface area contributed by atoms with Crippen LogP contribution >= 0.6 is 11.6 Å². The summed E-state index contributed by atoms with van der Waals surface area (Å²) in [4.78, 5) is 14.0. The summed E-state index contributed by atoms with van der Waals surface area (Å²) < 4.78 is 5.59. The molecule has 1 atom stereocenters. The fourth-order valence-corrected chi connectivity index (χ4v) is 1.96. The first-order valence-electron chi connectivity index (χ1n) is 5.60. The van der Waals surface area contributed by atoms with Crippen LogP contribution in [0.3, 0.4) is 0 Å². The molecule has 2 rings (SSSR count). The summed E-state index contributed by atoms with van der Waals surface area (Å²) in [5.41, 5.74) is 0.766. The van der Waals surface area contributed by atoms with Crippen LogP contribution in [-0.2, 0) is 0 Å². The van der Waals surface area contributed by atoms with Gasteiger partial charge in [0.25, 0.3) is 0 Å². The van der Waals surface area contributed by atoms with E-state index in [1.807, 2.05) is 18.2 Å². The van der Waals surface area contributed by atoms with Crippen molar-refractivity contribution in [3.8, 4) is 5.75 Å². The molecule has 0 amide bonds. The summed E-state index contributed by atoms with van der Waals surface area (Å²) in [6.45, 7) is 1.78. The van der Waals surface area contributed by atoms with Crippen molar-refractivity contribution in [1.82, 2.24) is 4.98 Å². The van der Waals surface area contributed by atoms with Crippen LogP contribution in [-0.4, -0.2) is 9.91 Å². The molecule has 0 saturated carbocycles. The number of ether oxygens (including phenoxy) is 1. The Balaban J connectivity index is 2.27. The van der Waals surface area contributed by atoms with E-state index >= 15 is 0 Å². The third-order valence-electron chi connectivity index (χ3n) is 2.57. The summed E-state index contributed by atoms with van der Waals surface area (Å²) in [7, 11) is 0. The molecule has 1 unspecified atom stereocenters. The second-order valence-corrected chi connectivity index (χ2v) is 4.27. The Bertz CT molecular complexity index is 604. The van der Waals surface area contributed by atoms with E-state index in [1.165, 1.54) is 12.3 Å². The zero-order valence-corrected chi connectivity index (χ0v) is 10.9. The molecule has 1 aromatic carbocycles. The lowest BCUT2D eigenvalue weighted by Crippen LogP contribution is -2.06. The van der Waals surface area contributed by atoms with E-state index in [1.54, 1.807) is 19.1 Å². The minimum absolute atomic E-state index is 0.125. The van der Waals surface area contributed by atoms with E-state index in [2.05, 4.69) is 4.98 Å². The summed E-state index contributed by atoms with van der Waals surface area (Å²) in [5, 5.41) is 11.4. The molecule has 0 saturated heterocycles. The molecule has 2 aromatic rings. The fourth-order valence-electron chi connectivity index (χ4n) is 1.67. The van der Waals surface area contributed by atoms with Crippen LogP contribution in [0.4, 0.5) is 5.82 Å². The van der Waals surface area contributed by atoms with Crippen molar-refractivity contribution in [2.24, 2.45) is 0 Å². The van der Waals surface area contributed by atoms with E-state index < -0.39 is 11.0 Å². The molecule has 0 aliphatic carbocycles. The zero-order chi connectivity index (χ0) is 13.8. The van der Waals surface area contributed by atoms with Gasteiger partial charge in [-0.15, -0.1) is 0 Å². The van der Waals surface area contributed by atoms with Crippen molar-refractivity contribution >= 4 is 17.4 Å². The average molecular weight is 279 g/mol. The molecule has 5 nitrogen and oxygen atoms in total. The highest BCUT2D eigenvalue weighted by Crippen LogP contribution is 2.31. The van der Waals surface area contributed by atoms with Crippen molar-refractivity contribution in [2.75, 3.05) is 0 Å². The smallest absolute Gasteiger partial charge is 0.406 e. The minimum atomic E-state index is -0.575. The molecular weight excluding hydrogens is 268 g/mol. The van der Waals surface area contributed by atoms with E-state index in [-0.39, 0.29) is 11.6 Å². The third-order valence-corrected chi connectivity index (χ3v) is 2.91. The van der Waals surface area contributed by atoms with Crippen LogP contribution in [0.5, 0.6) is 5.75 Å². The molecule has 19 heavy (non-hydrogen) atoms. The highest BCUT2D eigenvalue weighted by Gasteiger charge is 2.19. The topological polar surface area (TPSA) is 65.3 Å². The molecule has 1 heterocycles. The van der Waals surface area contributed by atoms with Gasteiger partial charge in [0, 0.05) is 10.6 Å². The maximum atomic E-state index is 10.8. The Labute approximate surface area is 115 Å². The lowest BCUT2D eigenvalue weighted by atomic mass is 10.1. The van der Waals surface area contributed by atoms with Crippen molar-refractivity contribution in [3.63, 3.8) is 0 Å². The van der Waals surface area contributed by atoms with Crippen molar-refractivity contribution < 1.29 is 9.66 Å². The number of nitro groups is 1. The predicted molar refractivity (Wildman–Crippen MR) is 71.4 cm³/mol. The highest BCUT2D eigenvalue weighted by atomic mass is 35.5. The van der Waals surface area contributed by atoms with Crippen LogP contribution in [0.25, 0.3) is 0 Å². The van der Waals surface area contributed by atoms with Gasteiger partial charge in [0.2, 0.25) is 5.75 Å². The molecule has 0 fully saturated rings. The number of nitrogens with zero attached hydrogens (tertiary/aromatic N) is 2. The minimum Gasteiger partial charge on any atom is -0.478 e. The Morgan fingerprint density at radius 2 is 2.05 bits per heavy atom. The molecule has 98 valence electrons. The van der Waals surface area contributed by atoms with Gasteiger partial charge < -0.3 is 14.9 Å². The van der Waals surface area contributed by atoms with Crippen LogP contribution in [0, 0.1) is 10.1 Å². The van der Waals surface area contributed by atoms with Gasteiger partial charge in [-0.1, -0.05) is 29.8 Å². The van der Waals surface area contributed by atoms with Crippen LogP contribution < -0.4 is 4.74 Å². The van der Waals surface area contributed by atoms with Crippen molar-refractivity contribution in [3.05, 3.63) is 63.3 Å². The number of hydrogen-bond donors (Lipinski definition) is 0. The predicted octanol–water partition coefficient (Wildman–Crippen LogP) is 3.78. The first-order valence-corrected chi connectivity index (χ1v) is 5.98. The molecule has 0 aliphatic heterocycles. The van der Waals surface area contributed by atoms with Crippen LogP contribution in [0.15, 0.2) is 42.6 Å². The maximum Gasteiger partial charge on any atom is 0.406 e. The second kappa shape index (κ2) is 5.67. The zero-order valence-electron chi connectivity index (χ0n) is 10.1. The molecule has 0 spiro atoms. The monoisotopic (exact) mass is 278 g/mol. The highest BCUT2D eigenvalue weighted by molar-refractivity contribution is 6.31. The number of pyridine rings is 1. The maximum absolute atomic E-state index is 10.8. The van der Waals surface area contributed by atoms with Crippen molar-refractivity contribution in [2.45, 2.75) is 13.0 Å². The standard InChI is InChI=1S/C13H11ClN2O3/c1-9(10-5-2-3-6-11(10)14)19-12-7-4-8-15-13(12)16(17)18/h2-9H,1H3. The molecule has 1 aromatic heterocycles. The molecule has 6 heteroatoms. The van der Waals surface area contributed by atoms with Crippen molar-refractivity contribution in [1.29, 1.82) is 0 Å². The van der Waals surface area contributed by atoms with Gasteiger partial charge in [-0.05, 0) is 35.0 Å². The van der Waals surface area contributed by atoms with E-state index in [0.29, 0.717) is 5.02 Å². The second-order valence-electron chi connectivity index (χ2n) is 3.86. The number of hydrogen-bond acceptors (Lipinski definition) is 4. The van der Waals surface area contributed by atoms with Gasteiger partial charge in [-0.3, -0.25) is 0 Å². The normalized spacial score (nSPS) is 11.9. The van der Waals surface area contributed by atoms with Crippen LogP contribution in [0.2, 0.25) is 5.02 Å². The lowest BCUT2D eigenvalue weighted by Gasteiger charge is -2.15. The Hall–Kier alpha value is -2.14. The number of rotatable bonds is 4. The summed E-state index contributed by atoms with van der Waals surface area (Å²) in [6, 6.07) is 10.3. The van der Waals surface area contributed by atoms with Crippen LogP contribution in [0.1, 0.15) is 18.6 Å². The molecular formula is C13H11ClN2O3. The van der Waals surface area contributed by atoms with Gasteiger partial charge in [0.05, 0.1) is 0 Å². The fraction of sp³-hybridized carbons (Fsp3) is 0.154. The molecule has 0 bridgehead atoms. The Morgan fingerprint density at radius 1 is 1.32 bits per heavy atom. The average Bonchev–Trinajstić information content (AvgIpc) is 2.39. The first-order chi connectivity index (χ1) is 9.09. The quantitative estimate of drug-likeness (QED) is 0.630. The van der Waals surface area contributed by atoms with Gasteiger partial charge >= 0.3 is 5.82 Å². The van der Waals surface area contributed by atoms with Gasteiger partial charge in [-0.2, -0.15) is 0 Å². The number of benzene rings is 1. The largest absolute Gasteiger partial charge is 0.478 e. The third kappa shape index (κ3) is 3.00. The first kappa shape index (κ1) is 13.3. The van der Waals surface area contributed by atoms with Gasteiger partial charge in [0.15, 0.2) is 0 Å². The summed E-state index contributed by atoms with van der Waals surface area (Å²) in [6.07, 6.45) is 0.946. The molecule has 0 N–H and O–H groups in total. The van der Waals surface area contributed by atoms with E-state index in [9.17, 15) is 10.1 Å². The molecule has 0 aliphatic rings. The lowest BCUT2D eigenvalue weighted by molar-refractivity contribution is -0.390. The van der Waals surface area contributed by atoms with Gasteiger partial charge in [-0.25, -0.2) is 0 Å². The Morgan fingerprint density at radius 3 is 2.74 bits per heavy atom. The SMILES string of the molecule is CC(Oc1cccnc1[N+](=O)[O-])c1ccccc1Cl. The van der Waals surface area contributed by atoms with E-state index in [0.717, 1.165) is 5.56 Å². The number of aromatic nitrogens is 1. The number of halogens is 1. The Kier molecular flexibility index (Phi) is 3.97.